The molecular weight excluding hydrogens is 288 g/mol. The van der Waals surface area contributed by atoms with Crippen molar-refractivity contribution in [3.8, 4) is 0 Å². The highest BCUT2D eigenvalue weighted by Gasteiger charge is 2.42. The molecule has 1 saturated carbocycles. The summed E-state index contributed by atoms with van der Waals surface area (Å²) in [6.07, 6.45) is -3.97. The number of rotatable bonds is 2. The number of carbonyl (C=O) groups is 1. The Labute approximate surface area is 119 Å². The summed E-state index contributed by atoms with van der Waals surface area (Å²) in [5, 5.41) is 2.49. The highest BCUT2D eigenvalue weighted by molar-refractivity contribution is 5.95. The summed E-state index contributed by atoms with van der Waals surface area (Å²) in [6, 6.07) is 3.58. The highest BCUT2D eigenvalue weighted by atomic mass is 19.4. The number of halogens is 4. The molecule has 1 aliphatic carbocycles. The van der Waals surface area contributed by atoms with Gasteiger partial charge in [-0.3, -0.25) is 4.79 Å². The van der Waals surface area contributed by atoms with Crippen molar-refractivity contribution < 1.29 is 22.4 Å². The molecule has 1 fully saturated rings. The topological polar surface area (TPSA) is 55.1 Å². The van der Waals surface area contributed by atoms with Gasteiger partial charge in [0.2, 0.25) is 5.91 Å². The maximum atomic E-state index is 13.1. The molecule has 0 unspecified atom stereocenters. The number of anilines is 2. The number of amides is 1. The first-order chi connectivity index (χ1) is 9.77. The average molecular weight is 304 g/mol. The first-order valence-electron chi connectivity index (χ1n) is 6.70. The van der Waals surface area contributed by atoms with Gasteiger partial charge in [0.1, 0.15) is 5.82 Å². The minimum absolute atomic E-state index is 0.0553. The van der Waals surface area contributed by atoms with E-state index in [9.17, 15) is 22.4 Å². The van der Waals surface area contributed by atoms with Gasteiger partial charge >= 0.3 is 6.18 Å². The zero-order chi connectivity index (χ0) is 15.6. The average Bonchev–Trinajstić information content (AvgIpc) is 2.42. The molecule has 0 atom stereocenters. The fourth-order valence-corrected chi connectivity index (χ4v) is 2.55. The molecule has 0 heterocycles. The molecule has 0 aliphatic heterocycles. The van der Waals surface area contributed by atoms with E-state index in [-0.39, 0.29) is 37.1 Å². The summed E-state index contributed by atoms with van der Waals surface area (Å²) in [7, 11) is 0. The van der Waals surface area contributed by atoms with Gasteiger partial charge in [0.05, 0.1) is 17.3 Å². The smallest absolute Gasteiger partial charge is 0.391 e. The molecule has 1 amide bonds. The Balaban J connectivity index is 1.95. The van der Waals surface area contributed by atoms with E-state index in [2.05, 4.69) is 5.32 Å². The Morgan fingerprint density at radius 3 is 2.38 bits per heavy atom. The number of hydrogen-bond donors (Lipinski definition) is 2. The Kier molecular flexibility index (Phi) is 4.39. The van der Waals surface area contributed by atoms with Crippen LogP contribution in [-0.4, -0.2) is 12.1 Å². The summed E-state index contributed by atoms with van der Waals surface area (Å²) < 4.78 is 50.8. The third kappa shape index (κ3) is 3.86. The number of nitrogen functional groups attached to an aromatic ring is 1. The number of nitrogens with one attached hydrogen (secondary N) is 1. The normalized spacial score (nSPS) is 22.9. The van der Waals surface area contributed by atoms with E-state index in [0.717, 1.165) is 6.07 Å². The standard InChI is InChI=1S/C14H16F4N2O/c15-10-5-6-11(19)12(7-10)20-13(21)8-1-3-9(4-2-8)14(16,17)18/h5-9H,1-4,19H2,(H,20,21). The zero-order valence-corrected chi connectivity index (χ0v) is 11.2. The van der Waals surface area contributed by atoms with E-state index < -0.39 is 29.7 Å². The van der Waals surface area contributed by atoms with Crippen molar-refractivity contribution in [3.63, 3.8) is 0 Å². The van der Waals surface area contributed by atoms with Crippen molar-refractivity contribution in [2.24, 2.45) is 11.8 Å². The van der Waals surface area contributed by atoms with E-state index >= 15 is 0 Å². The lowest BCUT2D eigenvalue weighted by Gasteiger charge is -2.29. The van der Waals surface area contributed by atoms with Gasteiger partial charge in [0, 0.05) is 5.92 Å². The predicted octanol–water partition coefficient (Wildman–Crippen LogP) is 3.72. The Morgan fingerprint density at radius 2 is 1.81 bits per heavy atom. The minimum atomic E-state index is -4.20. The van der Waals surface area contributed by atoms with Crippen LogP contribution in [0.3, 0.4) is 0 Å². The van der Waals surface area contributed by atoms with E-state index in [1.165, 1.54) is 12.1 Å². The van der Waals surface area contributed by atoms with E-state index in [1.54, 1.807) is 0 Å². The molecule has 21 heavy (non-hydrogen) atoms. The van der Waals surface area contributed by atoms with Crippen LogP contribution in [-0.2, 0) is 4.79 Å². The number of carbonyl (C=O) groups excluding carboxylic acids is 1. The SMILES string of the molecule is Nc1ccc(F)cc1NC(=O)C1CCC(C(F)(F)F)CC1. The van der Waals surface area contributed by atoms with Crippen LogP contribution >= 0.6 is 0 Å². The van der Waals surface area contributed by atoms with Crippen LogP contribution in [0.15, 0.2) is 18.2 Å². The molecule has 0 saturated heterocycles. The van der Waals surface area contributed by atoms with Gasteiger partial charge in [0.25, 0.3) is 0 Å². The fourth-order valence-electron chi connectivity index (χ4n) is 2.55. The molecule has 0 bridgehead atoms. The van der Waals surface area contributed by atoms with Crippen molar-refractivity contribution >= 4 is 17.3 Å². The van der Waals surface area contributed by atoms with Crippen molar-refractivity contribution in [3.05, 3.63) is 24.0 Å². The Morgan fingerprint density at radius 1 is 1.19 bits per heavy atom. The van der Waals surface area contributed by atoms with E-state index in [1.807, 2.05) is 0 Å². The third-order valence-electron chi connectivity index (χ3n) is 3.83. The van der Waals surface area contributed by atoms with Crippen LogP contribution in [0.2, 0.25) is 0 Å². The summed E-state index contributed by atoms with van der Waals surface area (Å²) in [6.45, 7) is 0. The quantitative estimate of drug-likeness (QED) is 0.646. The van der Waals surface area contributed by atoms with Gasteiger partial charge in [-0.05, 0) is 43.9 Å². The summed E-state index contributed by atoms with van der Waals surface area (Å²) in [4.78, 5) is 12.0. The molecule has 3 N–H and O–H groups in total. The van der Waals surface area contributed by atoms with Gasteiger partial charge < -0.3 is 11.1 Å². The second-order valence-electron chi connectivity index (χ2n) is 5.31. The molecule has 7 heteroatoms. The lowest BCUT2D eigenvalue weighted by Crippen LogP contribution is -2.32. The minimum Gasteiger partial charge on any atom is -0.397 e. The van der Waals surface area contributed by atoms with Crippen LogP contribution in [0.5, 0.6) is 0 Å². The molecule has 1 aromatic carbocycles. The van der Waals surface area contributed by atoms with Crippen LogP contribution in [0, 0.1) is 17.7 Å². The number of nitrogens with two attached hydrogens (primary N) is 1. The maximum Gasteiger partial charge on any atom is 0.391 e. The lowest BCUT2D eigenvalue weighted by atomic mass is 9.81. The van der Waals surface area contributed by atoms with Crippen molar-refractivity contribution in [2.75, 3.05) is 11.1 Å². The van der Waals surface area contributed by atoms with Crippen molar-refractivity contribution in [1.29, 1.82) is 0 Å². The zero-order valence-electron chi connectivity index (χ0n) is 11.2. The van der Waals surface area contributed by atoms with Crippen LogP contribution in [0.25, 0.3) is 0 Å². The monoisotopic (exact) mass is 304 g/mol. The van der Waals surface area contributed by atoms with Gasteiger partial charge in [-0.15, -0.1) is 0 Å². The van der Waals surface area contributed by atoms with Gasteiger partial charge in [-0.25, -0.2) is 4.39 Å². The summed E-state index contributed by atoms with van der Waals surface area (Å²) >= 11 is 0. The molecular formula is C14H16F4N2O. The predicted molar refractivity (Wildman–Crippen MR) is 70.9 cm³/mol. The second kappa shape index (κ2) is 5.91. The molecule has 0 spiro atoms. The number of hydrogen-bond acceptors (Lipinski definition) is 2. The molecule has 2 rings (SSSR count). The molecule has 0 radical (unpaired) electrons. The van der Waals surface area contributed by atoms with Crippen molar-refractivity contribution in [2.45, 2.75) is 31.9 Å². The van der Waals surface area contributed by atoms with Crippen LogP contribution in [0.1, 0.15) is 25.7 Å². The van der Waals surface area contributed by atoms with Gasteiger partial charge in [-0.1, -0.05) is 0 Å². The first-order valence-corrected chi connectivity index (χ1v) is 6.70. The number of benzene rings is 1. The summed E-state index contributed by atoms with van der Waals surface area (Å²) in [5.41, 5.74) is 5.98. The third-order valence-corrected chi connectivity index (χ3v) is 3.83. The first kappa shape index (κ1) is 15.6. The number of alkyl halides is 3. The highest BCUT2D eigenvalue weighted by Crippen LogP contribution is 2.39. The Bertz CT molecular complexity index is 522. The molecule has 116 valence electrons. The van der Waals surface area contributed by atoms with Crippen LogP contribution in [0.4, 0.5) is 28.9 Å². The molecule has 1 aromatic rings. The van der Waals surface area contributed by atoms with Crippen molar-refractivity contribution in [1.82, 2.24) is 0 Å². The lowest BCUT2D eigenvalue weighted by molar-refractivity contribution is -0.184. The fraction of sp³-hybridized carbons (Fsp3) is 0.500. The Hall–Kier alpha value is -1.79. The molecule has 3 nitrogen and oxygen atoms in total. The van der Waals surface area contributed by atoms with E-state index in [0.29, 0.717) is 0 Å². The van der Waals surface area contributed by atoms with Gasteiger partial charge in [0.15, 0.2) is 0 Å². The van der Waals surface area contributed by atoms with Gasteiger partial charge in [-0.2, -0.15) is 13.2 Å². The van der Waals surface area contributed by atoms with E-state index in [4.69, 9.17) is 5.73 Å². The van der Waals surface area contributed by atoms with Crippen LogP contribution < -0.4 is 11.1 Å². The summed E-state index contributed by atoms with van der Waals surface area (Å²) in [5.74, 6) is -2.78. The second-order valence-corrected chi connectivity index (χ2v) is 5.31. The maximum absolute atomic E-state index is 13.1. The largest absolute Gasteiger partial charge is 0.397 e. The molecule has 0 aromatic heterocycles. The molecule has 1 aliphatic rings.